The van der Waals surface area contributed by atoms with E-state index in [0.717, 1.165) is 34.0 Å². The highest BCUT2D eigenvalue weighted by Gasteiger charge is 2.19. The van der Waals surface area contributed by atoms with Crippen LogP contribution in [0.5, 0.6) is 0 Å². The lowest BCUT2D eigenvalue weighted by Gasteiger charge is -2.02. The van der Waals surface area contributed by atoms with Crippen LogP contribution in [0.15, 0.2) is 66.9 Å². The smallest absolute Gasteiger partial charge is 0.200 e. The second kappa shape index (κ2) is 7.76. The molecule has 0 aliphatic heterocycles. The summed E-state index contributed by atoms with van der Waals surface area (Å²) < 4.78 is 1.98. The molecule has 0 saturated carbocycles. The molecule has 8 heteroatoms. The number of benzene rings is 2. The lowest BCUT2D eigenvalue weighted by molar-refractivity contribution is 0.972. The van der Waals surface area contributed by atoms with E-state index in [2.05, 4.69) is 10.2 Å². The summed E-state index contributed by atoms with van der Waals surface area (Å²) >= 11 is 18.2. The van der Waals surface area contributed by atoms with Gasteiger partial charge in [-0.15, -0.1) is 0 Å². The molecule has 0 radical (unpaired) electrons. The van der Waals surface area contributed by atoms with Gasteiger partial charge in [-0.25, -0.2) is 9.97 Å². The van der Waals surface area contributed by atoms with Crippen LogP contribution in [0.4, 0.5) is 0 Å². The Kier molecular flexibility index (Phi) is 4.95. The topological polar surface area (TPSA) is 58.9 Å². The number of hydrogen-bond acceptors (Lipinski definition) is 3. The predicted molar refractivity (Wildman–Crippen MR) is 120 cm³/mol. The standard InChI is InChI=1S/C22H14Cl3N5/c23-15-7-5-14(6-8-15)20-21(30-10-2-1-3-19(30)27-20)22-26-18(28-29-22)12-13-4-9-16(24)17(25)11-13/h1-11H,12H2,(H,26,28,29). The van der Waals surface area contributed by atoms with Crippen molar-refractivity contribution in [3.05, 3.63) is 93.3 Å². The molecular weight excluding hydrogens is 441 g/mol. The molecule has 5 aromatic rings. The normalized spacial score (nSPS) is 11.3. The van der Waals surface area contributed by atoms with E-state index in [9.17, 15) is 0 Å². The Morgan fingerprint density at radius 2 is 1.70 bits per heavy atom. The van der Waals surface area contributed by atoms with E-state index in [1.807, 2.05) is 65.2 Å². The van der Waals surface area contributed by atoms with Crippen LogP contribution < -0.4 is 0 Å². The number of aromatic amines is 1. The highest BCUT2D eigenvalue weighted by atomic mass is 35.5. The number of halogens is 3. The molecule has 0 aliphatic rings. The molecule has 0 saturated heterocycles. The molecule has 0 spiro atoms. The number of hydrogen-bond donors (Lipinski definition) is 1. The summed E-state index contributed by atoms with van der Waals surface area (Å²) in [4.78, 5) is 9.52. The van der Waals surface area contributed by atoms with Crippen molar-refractivity contribution < 1.29 is 0 Å². The first-order valence-corrected chi connectivity index (χ1v) is 10.3. The summed E-state index contributed by atoms with van der Waals surface area (Å²) in [6, 6.07) is 19.0. The second-order valence-electron chi connectivity index (χ2n) is 6.78. The highest BCUT2D eigenvalue weighted by Crippen LogP contribution is 2.32. The van der Waals surface area contributed by atoms with Gasteiger partial charge in [0, 0.05) is 23.2 Å². The maximum atomic E-state index is 6.13. The van der Waals surface area contributed by atoms with Crippen LogP contribution in [0.1, 0.15) is 11.4 Å². The van der Waals surface area contributed by atoms with E-state index >= 15 is 0 Å². The maximum Gasteiger partial charge on any atom is 0.200 e. The largest absolute Gasteiger partial charge is 0.296 e. The molecule has 3 aromatic heterocycles. The summed E-state index contributed by atoms with van der Waals surface area (Å²) in [5.74, 6) is 1.28. The molecule has 3 heterocycles. The summed E-state index contributed by atoms with van der Waals surface area (Å²) in [6.07, 6.45) is 2.50. The maximum absolute atomic E-state index is 6.13. The van der Waals surface area contributed by atoms with Gasteiger partial charge in [0.25, 0.3) is 0 Å². The summed E-state index contributed by atoms with van der Waals surface area (Å²) in [5, 5.41) is 9.21. The third kappa shape index (κ3) is 3.56. The molecular formula is C22H14Cl3N5. The Morgan fingerprint density at radius 1 is 0.867 bits per heavy atom. The molecule has 0 bridgehead atoms. The van der Waals surface area contributed by atoms with Crippen molar-refractivity contribution in [3.63, 3.8) is 0 Å². The SMILES string of the molecule is Clc1ccc(-c2nc3ccccn3c2-c2n[nH]c(Cc3ccc(Cl)c(Cl)c3)n2)cc1. The zero-order valence-corrected chi connectivity index (χ0v) is 17.7. The van der Waals surface area contributed by atoms with Gasteiger partial charge in [0.15, 0.2) is 5.82 Å². The molecule has 148 valence electrons. The van der Waals surface area contributed by atoms with Crippen LogP contribution in [0, 0.1) is 0 Å². The lowest BCUT2D eigenvalue weighted by atomic mass is 10.1. The first kappa shape index (κ1) is 19.1. The van der Waals surface area contributed by atoms with Gasteiger partial charge >= 0.3 is 0 Å². The van der Waals surface area contributed by atoms with Crippen LogP contribution in [-0.4, -0.2) is 24.6 Å². The Balaban J connectivity index is 1.58. The minimum Gasteiger partial charge on any atom is -0.296 e. The Labute approximate surface area is 187 Å². The van der Waals surface area contributed by atoms with E-state index in [0.29, 0.717) is 27.3 Å². The minimum absolute atomic E-state index is 0.515. The first-order chi connectivity index (χ1) is 14.6. The van der Waals surface area contributed by atoms with Crippen LogP contribution >= 0.6 is 34.8 Å². The van der Waals surface area contributed by atoms with Crippen molar-refractivity contribution in [3.8, 4) is 22.8 Å². The summed E-state index contributed by atoms with van der Waals surface area (Å²) in [6.45, 7) is 0. The zero-order valence-electron chi connectivity index (χ0n) is 15.5. The third-order valence-corrected chi connectivity index (χ3v) is 5.74. The van der Waals surface area contributed by atoms with Gasteiger partial charge in [-0.3, -0.25) is 9.50 Å². The van der Waals surface area contributed by atoms with Gasteiger partial charge in [0.2, 0.25) is 0 Å². The number of rotatable bonds is 4. The van der Waals surface area contributed by atoms with Crippen LogP contribution in [-0.2, 0) is 6.42 Å². The van der Waals surface area contributed by atoms with E-state index < -0.39 is 0 Å². The second-order valence-corrected chi connectivity index (χ2v) is 8.03. The fourth-order valence-corrected chi connectivity index (χ4v) is 3.79. The lowest BCUT2D eigenvalue weighted by Crippen LogP contribution is -1.93. The van der Waals surface area contributed by atoms with Crippen molar-refractivity contribution in [1.29, 1.82) is 0 Å². The van der Waals surface area contributed by atoms with Crippen LogP contribution in [0.25, 0.3) is 28.4 Å². The zero-order chi connectivity index (χ0) is 20.7. The highest BCUT2D eigenvalue weighted by molar-refractivity contribution is 6.42. The number of nitrogens with zero attached hydrogens (tertiary/aromatic N) is 4. The monoisotopic (exact) mass is 453 g/mol. The molecule has 30 heavy (non-hydrogen) atoms. The van der Waals surface area contributed by atoms with E-state index in [-0.39, 0.29) is 0 Å². The fourth-order valence-electron chi connectivity index (χ4n) is 3.34. The van der Waals surface area contributed by atoms with Crippen LogP contribution in [0.3, 0.4) is 0 Å². The average molecular weight is 455 g/mol. The fraction of sp³-hybridized carbons (Fsp3) is 0.0455. The quantitative estimate of drug-likeness (QED) is 0.345. The van der Waals surface area contributed by atoms with Gasteiger partial charge in [-0.1, -0.05) is 59.1 Å². The number of aromatic nitrogens is 5. The third-order valence-electron chi connectivity index (χ3n) is 4.75. The minimum atomic E-state index is 0.515. The van der Waals surface area contributed by atoms with Gasteiger partial charge in [-0.2, -0.15) is 5.10 Å². The van der Waals surface area contributed by atoms with Gasteiger partial charge in [0.05, 0.1) is 10.0 Å². The Morgan fingerprint density at radius 3 is 2.50 bits per heavy atom. The summed E-state index contributed by atoms with van der Waals surface area (Å²) in [7, 11) is 0. The van der Waals surface area contributed by atoms with Crippen molar-refractivity contribution in [2.24, 2.45) is 0 Å². The molecule has 1 N–H and O–H groups in total. The molecule has 0 unspecified atom stereocenters. The molecule has 5 rings (SSSR count). The summed E-state index contributed by atoms with van der Waals surface area (Å²) in [5.41, 5.74) is 4.34. The first-order valence-electron chi connectivity index (χ1n) is 9.17. The number of pyridine rings is 1. The molecule has 5 nitrogen and oxygen atoms in total. The van der Waals surface area contributed by atoms with E-state index in [1.54, 1.807) is 6.07 Å². The number of H-pyrrole nitrogens is 1. The molecule has 0 amide bonds. The predicted octanol–water partition coefficient (Wildman–Crippen LogP) is 6.34. The van der Waals surface area contributed by atoms with Gasteiger partial charge in [-0.05, 0) is 42.0 Å². The van der Waals surface area contributed by atoms with E-state index in [4.69, 9.17) is 44.8 Å². The average Bonchev–Trinajstić information content (AvgIpc) is 3.35. The van der Waals surface area contributed by atoms with Crippen molar-refractivity contribution in [2.75, 3.05) is 0 Å². The Hall–Kier alpha value is -2.86. The number of fused-ring (bicyclic) bond motifs is 1. The van der Waals surface area contributed by atoms with Crippen molar-refractivity contribution in [1.82, 2.24) is 24.6 Å². The van der Waals surface area contributed by atoms with Crippen LogP contribution in [0.2, 0.25) is 15.1 Å². The molecule has 0 fully saturated rings. The van der Waals surface area contributed by atoms with Gasteiger partial charge < -0.3 is 0 Å². The molecule has 0 atom stereocenters. The Bertz CT molecular complexity index is 1360. The number of imidazole rings is 1. The van der Waals surface area contributed by atoms with Crippen molar-refractivity contribution >= 4 is 40.4 Å². The van der Waals surface area contributed by atoms with Gasteiger partial charge in [0.1, 0.15) is 22.9 Å². The number of nitrogens with one attached hydrogen (secondary N) is 1. The van der Waals surface area contributed by atoms with E-state index in [1.165, 1.54) is 0 Å². The van der Waals surface area contributed by atoms with Crippen molar-refractivity contribution in [2.45, 2.75) is 6.42 Å². The molecule has 0 aliphatic carbocycles. The molecule has 2 aromatic carbocycles.